The standard InChI is InChI=1S/C25H27N3O5/c29-23-9-8-21(24(30)26-23)28-15-20-19(25(28)31)2-1-3-22(20)33-16-18-6-4-17(5-7-18)14-27-10-12-32-13-11-27/h1-7,21H,8-16H2,(H,26,29,30)/i6D,7D,14D,16D2. The number of morpholine rings is 1. The van der Waals surface area contributed by atoms with Gasteiger partial charge in [0.1, 0.15) is 18.4 Å². The highest BCUT2D eigenvalue weighted by atomic mass is 16.5. The van der Waals surface area contributed by atoms with Crippen LogP contribution in [0.25, 0.3) is 0 Å². The summed E-state index contributed by atoms with van der Waals surface area (Å²) in [5, 5.41) is 2.25. The lowest BCUT2D eigenvalue weighted by molar-refractivity contribution is -0.136. The Hall–Kier alpha value is -3.23. The molecule has 5 rings (SSSR count). The monoisotopic (exact) mass is 454 g/mol. The Kier molecular flexibility index (Phi) is 4.63. The molecule has 2 aromatic carbocycles. The molecule has 3 amide bonds. The minimum Gasteiger partial charge on any atom is -0.489 e. The summed E-state index contributed by atoms with van der Waals surface area (Å²) in [7, 11) is 0. The van der Waals surface area contributed by atoms with Crippen LogP contribution in [0.4, 0.5) is 0 Å². The first kappa shape index (κ1) is 16.4. The molecular weight excluding hydrogens is 422 g/mol. The zero-order valence-electron chi connectivity index (χ0n) is 22.9. The highest BCUT2D eigenvalue weighted by Gasteiger charge is 2.40. The molecule has 0 saturated carbocycles. The molecule has 3 heterocycles. The minimum absolute atomic E-state index is 0.00677. The van der Waals surface area contributed by atoms with Crippen LogP contribution in [0.15, 0.2) is 42.4 Å². The Morgan fingerprint density at radius 2 is 1.91 bits per heavy atom. The number of piperidine rings is 1. The van der Waals surface area contributed by atoms with E-state index >= 15 is 0 Å². The zero-order chi connectivity index (χ0) is 27.2. The van der Waals surface area contributed by atoms with E-state index in [-0.39, 0.29) is 48.3 Å². The number of amides is 3. The van der Waals surface area contributed by atoms with Crippen LogP contribution in [0.2, 0.25) is 0 Å². The lowest BCUT2D eigenvalue weighted by atomic mass is 10.0. The predicted octanol–water partition coefficient (Wildman–Crippen LogP) is 1.86. The van der Waals surface area contributed by atoms with Gasteiger partial charge in [-0.25, -0.2) is 0 Å². The zero-order valence-corrected chi connectivity index (χ0v) is 17.9. The number of hydrogen-bond donors (Lipinski definition) is 1. The summed E-state index contributed by atoms with van der Waals surface area (Å²) in [6.07, 6.45) is 0.307. The molecular formula is C25H27N3O5. The normalized spacial score (nSPS) is 24.7. The molecule has 2 unspecified atom stereocenters. The quantitative estimate of drug-likeness (QED) is 0.671. The van der Waals surface area contributed by atoms with E-state index in [0.717, 1.165) is 0 Å². The van der Waals surface area contributed by atoms with Gasteiger partial charge in [-0.15, -0.1) is 0 Å². The van der Waals surface area contributed by atoms with Crippen LogP contribution in [0.1, 0.15) is 46.7 Å². The molecule has 1 N–H and O–H groups in total. The summed E-state index contributed by atoms with van der Waals surface area (Å²) in [4.78, 5) is 40.2. The van der Waals surface area contributed by atoms with Crippen LogP contribution in [-0.4, -0.2) is 59.9 Å². The molecule has 8 heteroatoms. The molecule has 0 bridgehead atoms. The third-order valence-electron chi connectivity index (χ3n) is 5.95. The van der Waals surface area contributed by atoms with Crippen molar-refractivity contribution < 1.29 is 30.7 Å². The van der Waals surface area contributed by atoms with Gasteiger partial charge in [-0.2, -0.15) is 0 Å². The molecule has 0 aliphatic carbocycles. The molecule has 172 valence electrons. The SMILES string of the molecule is [2H]c1cc(C([2H])N2CCOCC2)cc([2H])c1C([2H])([2H])Oc1cccc2c1CN(C1CCC(=O)NC1=O)C2=O. The van der Waals surface area contributed by atoms with E-state index in [1.165, 1.54) is 29.2 Å². The first-order valence-corrected chi connectivity index (χ1v) is 10.9. The van der Waals surface area contributed by atoms with Gasteiger partial charge in [0.25, 0.3) is 5.91 Å². The minimum atomic E-state index is -2.59. The van der Waals surface area contributed by atoms with E-state index in [0.29, 0.717) is 37.4 Å². The van der Waals surface area contributed by atoms with Crippen molar-refractivity contribution in [1.82, 2.24) is 15.1 Å². The summed E-state index contributed by atoms with van der Waals surface area (Å²) in [5.74, 6) is -1.30. The van der Waals surface area contributed by atoms with Gasteiger partial charge in [0.2, 0.25) is 11.8 Å². The fraction of sp³-hybridized carbons (Fsp3) is 0.400. The summed E-state index contributed by atoms with van der Waals surface area (Å²) in [5.41, 5.74) is 0.768. The van der Waals surface area contributed by atoms with Crippen molar-refractivity contribution in [2.45, 2.75) is 38.5 Å². The second-order valence-electron chi connectivity index (χ2n) is 8.12. The van der Waals surface area contributed by atoms with E-state index in [1.54, 1.807) is 6.07 Å². The fourth-order valence-electron chi connectivity index (χ4n) is 4.20. The van der Waals surface area contributed by atoms with Gasteiger partial charge < -0.3 is 14.4 Å². The van der Waals surface area contributed by atoms with Crippen molar-refractivity contribution in [3.05, 3.63) is 64.7 Å². The summed E-state index contributed by atoms with van der Waals surface area (Å²) in [6, 6.07) is 6.00. The number of ether oxygens (including phenoxy) is 2. The largest absolute Gasteiger partial charge is 0.489 e. The number of benzene rings is 2. The first-order chi connectivity index (χ1) is 18.1. The second kappa shape index (κ2) is 9.33. The van der Waals surface area contributed by atoms with Crippen molar-refractivity contribution in [3.63, 3.8) is 0 Å². The summed E-state index contributed by atoms with van der Waals surface area (Å²) in [6.45, 7) is -1.32. The molecule has 2 fully saturated rings. The van der Waals surface area contributed by atoms with Gasteiger partial charge in [-0.05, 0) is 29.7 Å². The van der Waals surface area contributed by atoms with Crippen LogP contribution in [-0.2, 0) is 34.0 Å². The van der Waals surface area contributed by atoms with Gasteiger partial charge in [-0.1, -0.05) is 30.3 Å². The van der Waals surface area contributed by atoms with Gasteiger partial charge in [-0.3, -0.25) is 24.6 Å². The maximum atomic E-state index is 13.1. The van der Waals surface area contributed by atoms with Gasteiger partial charge in [0.05, 0.1) is 25.2 Å². The van der Waals surface area contributed by atoms with Crippen LogP contribution < -0.4 is 10.1 Å². The Balaban J connectivity index is 1.39. The number of carbonyl (C=O) groups excluding carboxylic acids is 3. The number of fused-ring (bicyclic) bond motifs is 1. The van der Waals surface area contributed by atoms with Crippen molar-refractivity contribution in [1.29, 1.82) is 0 Å². The lowest BCUT2D eigenvalue weighted by Gasteiger charge is -2.29. The van der Waals surface area contributed by atoms with Crippen molar-refractivity contribution in [2.24, 2.45) is 0 Å². The van der Waals surface area contributed by atoms with Crippen molar-refractivity contribution in [3.8, 4) is 5.75 Å². The van der Waals surface area contributed by atoms with Crippen LogP contribution >= 0.6 is 0 Å². The molecule has 8 nitrogen and oxygen atoms in total. The fourth-order valence-corrected chi connectivity index (χ4v) is 4.20. The Morgan fingerprint density at radius 1 is 1.12 bits per heavy atom. The highest BCUT2D eigenvalue weighted by molar-refractivity contribution is 6.05. The number of carbonyl (C=O) groups is 3. The van der Waals surface area contributed by atoms with E-state index in [1.807, 2.05) is 4.90 Å². The second-order valence-corrected chi connectivity index (χ2v) is 8.12. The van der Waals surface area contributed by atoms with Gasteiger partial charge >= 0.3 is 0 Å². The Bertz CT molecular complexity index is 1280. The van der Waals surface area contributed by atoms with Gasteiger partial charge in [0.15, 0.2) is 0 Å². The maximum absolute atomic E-state index is 13.1. The van der Waals surface area contributed by atoms with Crippen LogP contribution in [0.5, 0.6) is 5.75 Å². The number of hydrogen-bond acceptors (Lipinski definition) is 6. The molecule has 0 radical (unpaired) electrons. The average molecular weight is 455 g/mol. The molecule has 0 spiro atoms. The van der Waals surface area contributed by atoms with Crippen molar-refractivity contribution >= 4 is 17.7 Å². The molecule has 3 aliphatic heterocycles. The van der Waals surface area contributed by atoms with Crippen LogP contribution in [0.3, 0.4) is 0 Å². The van der Waals surface area contributed by atoms with E-state index in [4.69, 9.17) is 16.3 Å². The number of imide groups is 1. The van der Waals surface area contributed by atoms with E-state index in [2.05, 4.69) is 5.32 Å². The molecule has 2 saturated heterocycles. The Labute approximate surface area is 199 Å². The molecule has 0 aromatic heterocycles. The molecule has 2 aromatic rings. The smallest absolute Gasteiger partial charge is 0.255 e. The first-order valence-electron chi connectivity index (χ1n) is 13.5. The van der Waals surface area contributed by atoms with E-state index in [9.17, 15) is 14.4 Å². The van der Waals surface area contributed by atoms with Crippen LogP contribution in [0, 0.1) is 0 Å². The number of nitrogens with zero attached hydrogens (tertiary/aromatic N) is 2. The summed E-state index contributed by atoms with van der Waals surface area (Å²) >= 11 is 0. The third kappa shape index (κ3) is 4.62. The Morgan fingerprint density at radius 3 is 2.67 bits per heavy atom. The predicted molar refractivity (Wildman–Crippen MR) is 119 cm³/mol. The maximum Gasteiger partial charge on any atom is 0.255 e. The van der Waals surface area contributed by atoms with Crippen molar-refractivity contribution in [2.75, 3.05) is 26.3 Å². The van der Waals surface area contributed by atoms with E-state index < -0.39 is 36.8 Å². The molecule has 33 heavy (non-hydrogen) atoms. The molecule has 3 aliphatic rings. The number of rotatable bonds is 6. The summed E-state index contributed by atoms with van der Waals surface area (Å²) < 4.78 is 53.7. The van der Waals surface area contributed by atoms with Gasteiger partial charge in [0, 0.05) is 38.5 Å². The molecule has 2 atom stereocenters. The topological polar surface area (TPSA) is 88.2 Å². The average Bonchev–Trinajstić information content (AvgIpc) is 3.20. The highest BCUT2D eigenvalue weighted by Crippen LogP contribution is 2.34. The lowest BCUT2D eigenvalue weighted by Crippen LogP contribution is -2.52. The third-order valence-corrected chi connectivity index (χ3v) is 5.95. The number of nitrogens with one attached hydrogen (secondary N) is 1.